The third-order valence-electron chi connectivity index (χ3n) is 6.67. The maximum atomic E-state index is 12.9. The Balaban J connectivity index is 1.16. The Morgan fingerprint density at radius 3 is 2.87 bits per heavy atom. The number of rotatable bonds is 7. The lowest BCUT2D eigenvalue weighted by Crippen LogP contribution is -2.54. The molecule has 4 aliphatic rings. The molecule has 30 heavy (non-hydrogen) atoms. The summed E-state index contributed by atoms with van der Waals surface area (Å²) < 4.78 is 11.4. The Hall–Kier alpha value is -2.15. The Morgan fingerprint density at radius 1 is 1.17 bits per heavy atom. The molecule has 2 bridgehead atoms. The van der Waals surface area contributed by atoms with Gasteiger partial charge < -0.3 is 14.5 Å². The van der Waals surface area contributed by atoms with E-state index in [1.54, 1.807) is 0 Å². The van der Waals surface area contributed by atoms with Gasteiger partial charge in [0.2, 0.25) is 5.91 Å². The minimum Gasteiger partial charge on any atom is -0.460 e. The van der Waals surface area contributed by atoms with Crippen molar-refractivity contribution < 1.29 is 13.9 Å². The zero-order chi connectivity index (χ0) is 20.3. The number of nitrogens with one attached hydrogen (secondary N) is 1. The molecule has 0 spiro atoms. The lowest BCUT2D eigenvalue weighted by atomic mass is 9.77. The molecule has 6 rings (SSSR count). The Labute approximate surface area is 177 Å². The fourth-order valence-electron chi connectivity index (χ4n) is 5.10. The summed E-state index contributed by atoms with van der Waals surface area (Å²) in [5, 5.41) is 4.34. The number of para-hydroxylation sites is 1. The predicted molar refractivity (Wildman–Crippen MR) is 116 cm³/mol. The maximum absolute atomic E-state index is 12.9. The number of piperidine rings is 1. The molecule has 160 valence electrons. The second-order valence-corrected chi connectivity index (χ2v) is 8.76. The van der Waals surface area contributed by atoms with Crippen LogP contribution in [0, 0.1) is 11.8 Å². The third kappa shape index (κ3) is 4.31. The van der Waals surface area contributed by atoms with Gasteiger partial charge in [-0.3, -0.25) is 14.6 Å². The van der Waals surface area contributed by atoms with Crippen LogP contribution in [0.5, 0.6) is 0 Å². The van der Waals surface area contributed by atoms with Crippen LogP contribution >= 0.6 is 0 Å². The molecule has 6 nitrogen and oxygen atoms in total. The van der Waals surface area contributed by atoms with Crippen molar-refractivity contribution in [1.29, 1.82) is 0 Å². The van der Waals surface area contributed by atoms with Crippen molar-refractivity contribution in [3.63, 3.8) is 0 Å². The first-order chi connectivity index (χ1) is 14.8. The molecule has 2 fully saturated rings. The number of fused-ring (bicyclic) bond motifs is 3. The second-order valence-electron chi connectivity index (χ2n) is 8.76. The number of hydrogen-bond acceptors (Lipinski definition) is 5. The van der Waals surface area contributed by atoms with Gasteiger partial charge in [0.05, 0.1) is 25.7 Å². The summed E-state index contributed by atoms with van der Waals surface area (Å²) in [4.78, 5) is 17.8. The van der Waals surface area contributed by atoms with Crippen molar-refractivity contribution in [2.24, 2.45) is 11.8 Å². The van der Waals surface area contributed by atoms with Crippen molar-refractivity contribution >= 4 is 16.9 Å². The minimum atomic E-state index is 0.0292. The van der Waals surface area contributed by atoms with Gasteiger partial charge in [0, 0.05) is 37.6 Å². The number of hydrogen-bond donors (Lipinski definition) is 1. The molecule has 3 aliphatic heterocycles. The molecule has 6 heteroatoms. The monoisotopic (exact) mass is 409 g/mol. The van der Waals surface area contributed by atoms with Gasteiger partial charge in [-0.05, 0) is 37.4 Å². The van der Waals surface area contributed by atoms with E-state index in [1.807, 2.05) is 18.2 Å². The number of furan rings is 1. The summed E-state index contributed by atoms with van der Waals surface area (Å²) in [5.41, 5.74) is 0.930. The molecular formula is C24H31N3O3. The van der Waals surface area contributed by atoms with Crippen LogP contribution in [-0.4, -0.2) is 67.7 Å². The van der Waals surface area contributed by atoms with Crippen LogP contribution in [0.3, 0.4) is 0 Å². The van der Waals surface area contributed by atoms with Crippen LogP contribution in [0.1, 0.15) is 18.6 Å². The zero-order valence-electron chi connectivity index (χ0n) is 17.5. The van der Waals surface area contributed by atoms with Gasteiger partial charge in [0.1, 0.15) is 11.3 Å². The van der Waals surface area contributed by atoms with Crippen molar-refractivity contribution in [3.8, 4) is 0 Å². The standard InChI is InChI=1S/C24H31N3O3/c28-24(25-8-3-9-26-10-12-29-13-11-26)21-14-18-6-7-22(21)27(16-18)17-20-15-19-4-1-2-5-23(19)30-20/h1-2,4-7,15,18,21-22H,3,8-14,16-17H2,(H,25,28)/t18-,21+,22+/m0/s1. The highest BCUT2D eigenvalue weighted by atomic mass is 16.5. The molecule has 1 aliphatic carbocycles. The first-order valence-electron chi connectivity index (χ1n) is 11.2. The van der Waals surface area contributed by atoms with E-state index in [-0.39, 0.29) is 17.9 Å². The van der Waals surface area contributed by atoms with Crippen LogP contribution in [0.2, 0.25) is 0 Å². The number of amides is 1. The van der Waals surface area contributed by atoms with Crippen LogP contribution in [0.4, 0.5) is 0 Å². The highest BCUT2D eigenvalue weighted by Crippen LogP contribution is 2.36. The molecule has 4 heterocycles. The molecule has 1 amide bonds. The molecule has 1 aromatic carbocycles. The summed E-state index contributed by atoms with van der Waals surface area (Å²) in [6, 6.07) is 10.4. The minimum absolute atomic E-state index is 0.0292. The van der Waals surface area contributed by atoms with Crippen LogP contribution in [0.25, 0.3) is 11.0 Å². The van der Waals surface area contributed by atoms with Crippen molar-refractivity contribution in [2.45, 2.75) is 25.4 Å². The largest absolute Gasteiger partial charge is 0.460 e. The van der Waals surface area contributed by atoms with E-state index in [9.17, 15) is 4.79 Å². The number of benzene rings is 1. The Bertz CT molecular complexity index is 869. The number of carbonyl (C=O) groups is 1. The molecule has 1 aromatic heterocycles. The first-order valence-corrected chi connectivity index (χ1v) is 11.2. The number of nitrogens with zero attached hydrogens (tertiary/aromatic N) is 2. The van der Waals surface area contributed by atoms with Crippen molar-refractivity contribution in [1.82, 2.24) is 15.1 Å². The van der Waals surface area contributed by atoms with Gasteiger partial charge in [-0.15, -0.1) is 0 Å². The smallest absolute Gasteiger partial charge is 0.225 e. The fraction of sp³-hybridized carbons (Fsp3) is 0.542. The normalized spacial score (nSPS) is 27.0. The average Bonchev–Trinajstić information content (AvgIpc) is 3.20. The van der Waals surface area contributed by atoms with E-state index >= 15 is 0 Å². The summed E-state index contributed by atoms with van der Waals surface area (Å²) in [6.45, 7) is 7.18. The van der Waals surface area contributed by atoms with E-state index < -0.39 is 0 Å². The van der Waals surface area contributed by atoms with Crippen LogP contribution in [0.15, 0.2) is 46.9 Å². The molecule has 2 aromatic rings. The number of ether oxygens (including phenoxy) is 1. The van der Waals surface area contributed by atoms with Gasteiger partial charge >= 0.3 is 0 Å². The SMILES string of the molecule is O=C(NCCCN1CCOCC1)[C@@H]1C[C@@H]2C=C[C@H]1N(Cc1cc3ccccc3o1)C2. The second kappa shape index (κ2) is 8.92. The fourth-order valence-corrected chi connectivity index (χ4v) is 5.10. The van der Waals surface area contributed by atoms with E-state index in [0.29, 0.717) is 5.92 Å². The summed E-state index contributed by atoms with van der Waals surface area (Å²) >= 11 is 0. The predicted octanol–water partition coefficient (Wildman–Crippen LogP) is 2.65. The summed E-state index contributed by atoms with van der Waals surface area (Å²) in [7, 11) is 0. The van der Waals surface area contributed by atoms with E-state index in [4.69, 9.17) is 9.15 Å². The van der Waals surface area contributed by atoms with Crippen LogP contribution < -0.4 is 5.32 Å². The molecule has 2 saturated heterocycles. The molecular weight excluding hydrogens is 378 g/mol. The molecule has 0 unspecified atom stereocenters. The van der Waals surface area contributed by atoms with E-state index in [2.05, 4.69) is 39.4 Å². The quantitative estimate of drug-likeness (QED) is 0.563. The van der Waals surface area contributed by atoms with Crippen LogP contribution in [-0.2, 0) is 16.1 Å². The molecule has 3 atom stereocenters. The van der Waals surface area contributed by atoms with Gasteiger partial charge in [-0.25, -0.2) is 0 Å². The summed E-state index contributed by atoms with van der Waals surface area (Å²) in [5.74, 6) is 1.65. The Morgan fingerprint density at radius 2 is 2.03 bits per heavy atom. The number of morpholine rings is 1. The van der Waals surface area contributed by atoms with Gasteiger partial charge in [0.25, 0.3) is 0 Å². The van der Waals surface area contributed by atoms with Gasteiger partial charge in [0.15, 0.2) is 0 Å². The molecule has 0 saturated carbocycles. The van der Waals surface area contributed by atoms with Crippen molar-refractivity contribution in [2.75, 3.05) is 45.9 Å². The third-order valence-corrected chi connectivity index (χ3v) is 6.67. The molecule has 1 N–H and O–H groups in total. The van der Waals surface area contributed by atoms with E-state index in [1.165, 1.54) is 0 Å². The highest BCUT2D eigenvalue weighted by molar-refractivity contribution is 5.80. The topological polar surface area (TPSA) is 58.0 Å². The summed E-state index contributed by atoms with van der Waals surface area (Å²) in [6.07, 6.45) is 6.47. The number of carbonyl (C=O) groups excluding carboxylic acids is 1. The highest BCUT2D eigenvalue weighted by Gasteiger charge is 2.41. The Kier molecular flexibility index (Phi) is 5.88. The average molecular weight is 410 g/mol. The molecule has 0 radical (unpaired) electrons. The zero-order valence-corrected chi connectivity index (χ0v) is 17.5. The van der Waals surface area contributed by atoms with Crippen molar-refractivity contribution in [3.05, 3.63) is 48.2 Å². The van der Waals surface area contributed by atoms with Gasteiger partial charge in [-0.1, -0.05) is 30.4 Å². The van der Waals surface area contributed by atoms with E-state index in [0.717, 1.165) is 82.1 Å². The first kappa shape index (κ1) is 19.8. The lowest BCUT2D eigenvalue weighted by Gasteiger charge is -2.45. The van der Waals surface area contributed by atoms with Gasteiger partial charge in [-0.2, -0.15) is 0 Å². The lowest BCUT2D eigenvalue weighted by molar-refractivity contribution is -0.129. The maximum Gasteiger partial charge on any atom is 0.225 e.